The second-order valence-corrected chi connectivity index (χ2v) is 8.19. The van der Waals surface area contributed by atoms with Gasteiger partial charge in [0.2, 0.25) is 0 Å². The lowest BCUT2D eigenvalue weighted by molar-refractivity contribution is -0.137. The molecule has 1 fully saturated rings. The van der Waals surface area contributed by atoms with Crippen LogP contribution >= 0.6 is 0 Å². The molecule has 0 spiro atoms. The Balaban J connectivity index is 2.01. The number of carboxylic acid groups (broad SMARTS) is 1. The number of aliphatic carboxylic acids is 1. The number of anilines is 3. The standard InChI is InChI=1S/C24H31FN2O3/c1-4-17(14-24(28)29)18-5-10-22(27-11-12-30-15-23(27)16(2)3)21(13-18)26-20-8-6-19(25)7-9-20/h5-10,13,16-17,23,26H,4,11-12,14-15H2,1-3H3,(H,28,29). The predicted molar refractivity (Wildman–Crippen MR) is 118 cm³/mol. The number of rotatable bonds is 8. The zero-order valence-electron chi connectivity index (χ0n) is 17.9. The molecule has 3 rings (SSSR count). The van der Waals surface area contributed by atoms with Gasteiger partial charge in [-0.3, -0.25) is 4.79 Å². The fourth-order valence-electron chi connectivity index (χ4n) is 4.03. The second kappa shape index (κ2) is 9.94. The van der Waals surface area contributed by atoms with Crippen molar-refractivity contribution in [1.29, 1.82) is 0 Å². The number of benzene rings is 2. The van der Waals surface area contributed by atoms with Crippen LogP contribution in [-0.2, 0) is 9.53 Å². The minimum absolute atomic E-state index is 0.0593. The van der Waals surface area contributed by atoms with Crippen LogP contribution in [0.25, 0.3) is 0 Å². The normalized spacial score (nSPS) is 17.8. The van der Waals surface area contributed by atoms with Crippen LogP contribution in [-0.4, -0.2) is 36.9 Å². The molecule has 1 saturated heterocycles. The first-order valence-electron chi connectivity index (χ1n) is 10.6. The zero-order valence-corrected chi connectivity index (χ0v) is 17.9. The number of nitrogens with zero attached hydrogens (tertiary/aromatic N) is 1. The number of nitrogens with one attached hydrogen (secondary N) is 1. The van der Waals surface area contributed by atoms with Crippen molar-refractivity contribution < 1.29 is 19.0 Å². The number of morpholine rings is 1. The third-order valence-corrected chi connectivity index (χ3v) is 5.77. The predicted octanol–water partition coefficient (Wildman–Crippen LogP) is 5.40. The lowest BCUT2D eigenvalue weighted by Crippen LogP contribution is -2.48. The highest BCUT2D eigenvalue weighted by Gasteiger charge is 2.28. The van der Waals surface area contributed by atoms with E-state index in [4.69, 9.17) is 4.74 Å². The zero-order chi connectivity index (χ0) is 21.7. The van der Waals surface area contributed by atoms with Crippen molar-refractivity contribution in [3.63, 3.8) is 0 Å². The first-order valence-corrected chi connectivity index (χ1v) is 10.6. The van der Waals surface area contributed by atoms with Gasteiger partial charge < -0.3 is 20.1 Å². The van der Waals surface area contributed by atoms with E-state index in [-0.39, 0.29) is 24.2 Å². The Kier molecular flexibility index (Phi) is 7.32. The molecule has 2 aromatic rings. The Labute approximate surface area is 177 Å². The highest BCUT2D eigenvalue weighted by Crippen LogP contribution is 2.36. The molecule has 2 atom stereocenters. The third-order valence-electron chi connectivity index (χ3n) is 5.77. The second-order valence-electron chi connectivity index (χ2n) is 8.19. The highest BCUT2D eigenvalue weighted by atomic mass is 19.1. The Morgan fingerprint density at radius 2 is 2.00 bits per heavy atom. The molecule has 6 heteroatoms. The summed E-state index contributed by atoms with van der Waals surface area (Å²) in [7, 11) is 0. The summed E-state index contributed by atoms with van der Waals surface area (Å²) in [6.45, 7) is 8.50. The first kappa shape index (κ1) is 22.1. The molecule has 2 N–H and O–H groups in total. The summed E-state index contributed by atoms with van der Waals surface area (Å²) in [5.74, 6) is -0.725. The number of ether oxygens (including phenoxy) is 1. The Morgan fingerprint density at radius 1 is 1.27 bits per heavy atom. The molecular formula is C24H31FN2O3. The minimum Gasteiger partial charge on any atom is -0.481 e. The summed E-state index contributed by atoms with van der Waals surface area (Å²) in [5.41, 5.74) is 3.73. The van der Waals surface area contributed by atoms with E-state index in [2.05, 4.69) is 30.1 Å². The van der Waals surface area contributed by atoms with Gasteiger partial charge in [0.1, 0.15) is 5.82 Å². The van der Waals surface area contributed by atoms with E-state index in [1.165, 1.54) is 12.1 Å². The maximum Gasteiger partial charge on any atom is 0.303 e. The molecule has 0 bridgehead atoms. The molecule has 1 aliphatic heterocycles. The van der Waals surface area contributed by atoms with Crippen LogP contribution in [0.1, 0.15) is 45.1 Å². The summed E-state index contributed by atoms with van der Waals surface area (Å²) < 4.78 is 19.1. The summed E-state index contributed by atoms with van der Waals surface area (Å²) in [6, 6.07) is 12.7. The molecule has 0 saturated carbocycles. The van der Waals surface area contributed by atoms with E-state index in [9.17, 15) is 14.3 Å². The Morgan fingerprint density at radius 3 is 2.63 bits per heavy atom. The van der Waals surface area contributed by atoms with Crippen molar-refractivity contribution in [2.45, 2.75) is 45.6 Å². The van der Waals surface area contributed by atoms with E-state index in [0.29, 0.717) is 19.1 Å². The van der Waals surface area contributed by atoms with Crippen molar-refractivity contribution in [2.75, 3.05) is 30.0 Å². The smallest absolute Gasteiger partial charge is 0.303 e. The topological polar surface area (TPSA) is 61.8 Å². The third kappa shape index (κ3) is 5.30. The van der Waals surface area contributed by atoms with E-state index < -0.39 is 5.97 Å². The first-order chi connectivity index (χ1) is 14.4. The van der Waals surface area contributed by atoms with Gasteiger partial charge in [-0.1, -0.05) is 26.8 Å². The number of hydrogen-bond acceptors (Lipinski definition) is 4. The molecule has 0 aromatic heterocycles. The van der Waals surface area contributed by atoms with Crippen LogP contribution < -0.4 is 10.2 Å². The highest BCUT2D eigenvalue weighted by molar-refractivity contribution is 5.77. The Bertz CT molecular complexity index is 854. The van der Waals surface area contributed by atoms with Crippen molar-refractivity contribution in [2.24, 2.45) is 5.92 Å². The molecule has 162 valence electrons. The van der Waals surface area contributed by atoms with Crippen molar-refractivity contribution in [3.8, 4) is 0 Å². The molecule has 0 radical (unpaired) electrons. The molecular weight excluding hydrogens is 383 g/mol. The molecule has 0 amide bonds. The van der Waals surface area contributed by atoms with Gasteiger partial charge in [-0.15, -0.1) is 0 Å². The Hall–Kier alpha value is -2.60. The van der Waals surface area contributed by atoms with E-state index in [1.54, 1.807) is 12.1 Å². The van der Waals surface area contributed by atoms with E-state index in [1.807, 2.05) is 19.1 Å². The maximum atomic E-state index is 13.4. The number of hydrogen-bond donors (Lipinski definition) is 2. The summed E-state index contributed by atoms with van der Waals surface area (Å²) >= 11 is 0. The van der Waals surface area contributed by atoms with Gasteiger partial charge in [0.25, 0.3) is 0 Å². The van der Waals surface area contributed by atoms with Crippen molar-refractivity contribution >= 4 is 23.0 Å². The van der Waals surface area contributed by atoms with E-state index in [0.717, 1.165) is 35.6 Å². The summed E-state index contributed by atoms with van der Waals surface area (Å²) in [6.07, 6.45) is 0.839. The summed E-state index contributed by atoms with van der Waals surface area (Å²) in [4.78, 5) is 13.7. The molecule has 1 heterocycles. The quantitative estimate of drug-likeness (QED) is 0.606. The van der Waals surface area contributed by atoms with Crippen molar-refractivity contribution in [3.05, 3.63) is 53.8 Å². The fourth-order valence-corrected chi connectivity index (χ4v) is 4.03. The summed E-state index contributed by atoms with van der Waals surface area (Å²) in [5, 5.41) is 12.7. The average Bonchev–Trinajstić information content (AvgIpc) is 2.73. The van der Waals surface area contributed by atoms with Gasteiger partial charge in [0, 0.05) is 12.2 Å². The van der Waals surface area contributed by atoms with Crippen LogP contribution in [0.4, 0.5) is 21.5 Å². The molecule has 2 unspecified atom stereocenters. The van der Waals surface area contributed by atoms with Crippen molar-refractivity contribution in [1.82, 2.24) is 0 Å². The number of carboxylic acids is 1. The molecule has 0 aliphatic carbocycles. The molecule has 5 nitrogen and oxygen atoms in total. The fraction of sp³-hybridized carbons (Fsp3) is 0.458. The van der Waals surface area contributed by atoms with Gasteiger partial charge in [-0.2, -0.15) is 0 Å². The van der Waals surface area contributed by atoms with Gasteiger partial charge in [0.05, 0.1) is 37.1 Å². The SMILES string of the molecule is CCC(CC(=O)O)c1ccc(N2CCOCC2C(C)C)c(Nc2ccc(F)cc2)c1. The monoisotopic (exact) mass is 414 g/mol. The van der Waals surface area contributed by atoms with Gasteiger partial charge in [0.15, 0.2) is 0 Å². The van der Waals surface area contributed by atoms with Gasteiger partial charge >= 0.3 is 5.97 Å². The van der Waals surface area contributed by atoms with Crippen LogP contribution in [0, 0.1) is 11.7 Å². The maximum absolute atomic E-state index is 13.4. The largest absolute Gasteiger partial charge is 0.481 e. The van der Waals surface area contributed by atoms with Crippen LogP contribution in [0.15, 0.2) is 42.5 Å². The lowest BCUT2D eigenvalue weighted by atomic mass is 9.92. The number of halogens is 1. The average molecular weight is 415 g/mol. The van der Waals surface area contributed by atoms with E-state index >= 15 is 0 Å². The minimum atomic E-state index is -0.799. The van der Waals surface area contributed by atoms with Crippen LogP contribution in [0.2, 0.25) is 0 Å². The lowest BCUT2D eigenvalue weighted by Gasteiger charge is -2.40. The van der Waals surface area contributed by atoms with Crippen LogP contribution in [0.3, 0.4) is 0 Å². The molecule has 30 heavy (non-hydrogen) atoms. The molecule has 1 aliphatic rings. The molecule has 2 aromatic carbocycles. The number of carbonyl (C=O) groups is 1. The van der Waals surface area contributed by atoms with Gasteiger partial charge in [-0.25, -0.2) is 4.39 Å². The van der Waals surface area contributed by atoms with Crippen LogP contribution in [0.5, 0.6) is 0 Å². The van der Waals surface area contributed by atoms with Gasteiger partial charge in [-0.05, 0) is 60.2 Å².